The standard InChI is InChI=1S/C21H36N4O.HI/c1-5-24(6-2)17-19-10-8-18(9-11-19)16-23-21(22-4)25-14-12-20(13-15-25)26-7-3;/h8-11,20H,5-7,12-17H2,1-4H3,(H,22,23);1H. The van der Waals surface area contributed by atoms with Gasteiger partial charge in [0.15, 0.2) is 5.96 Å². The molecule has 0 unspecified atom stereocenters. The van der Waals surface area contributed by atoms with E-state index >= 15 is 0 Å². The van der Waals surface area contributed by atoms with Gasteiger partial charge in [0.1, 0.15) is 0 Å². The normalized spacial score (nSPS) is 15.7. The first-order chi connectivity index (χ1) is 12.7. The molecule has 6 heteroatoms. The van der Waals surface area contributed by atoms with Crippen LogP contribution in [0.4, 0.5) is 0 Å². The van der Waals surface area contributed by atoms with Crippen LogP contribution < -0.4 is 5.32 Å². The minimum atomic E-state index is 0. The van der Waals surface area contributed by atoms with Crippen molar-refractivity contribution in [3.05, 3.63) is 35.4 Å². The smallest absolute Gasteiger partial charge is 0.193 e. The Morgan fingerprint density at radius 2 is 1.70 bits per heavy atom. The molecule has 1 aliphatic rings. The Hall–Kier alpha value is -0.860. The van der Waals surface area contributed by atoms with Crippen molar-refractivity contribution in [2.45, 2.75) is 52.8 Å². The summed E-state index contributed by atoms with van der Waals surface area (Å²) in [6.45, 7) is 13.3. The Bertz CT molecular complexity index is 538. The topological polar surface area (TPSA) is 40.1 Å². The minimum Gasteiger partial charge on any atom is -0.378 e. The molecule has 0 radical (unpaired) electrons. The average molecular weight is 488 g/mol. The SMILES string of the molecule is CCOC1CCN(C(=NC)NCc2ccc(CN(CC)CC)cc2)CC1.I. The zero-order valence-electron chi connectivity index (χ0n) is 17.4. The van der Waals surface area contributed by atoms with Crippen LogP contribution in [0, 0.1) is 0 Å². The number of ether oxygens (including phenoxy) is 1. The number of nitrogens with one attached hydrogen (secondary N) is 1. The second-order valence-electron chi connectivity index (χ2n) is 6.82. The summed E-state index contributed by atoms with van der Waals surface area (Å²) in [7, 11) is 1.87. The van der Waals surface area contributed by atoms with E-state index in [4.69, 9.17) is 4.74 Å². The summed E-state index contributed by atoms with van der Waals surface area (Å²) in [4.78, 5) is 9.23. The number of piperidine rings is 1. The molecule has 5 nitrogen and oxygen atoms in total. The summed E-state index contributed by atoms with van der Waals surface area (Å²) in [6.07, 6.45) is 2.57. The number of halogens is 1. The van der Waals surface area contributed by atoms with Crippen LogP contribution in [-0.4, -0.2) is 61.7 Å². The van der Waals surface area contributed by atoms with Crippen molar-refractivity contribution in [1.82, 2.24) is 15.1 Å². The largest absolute Gasteiger partial charge is 0.378 e. The molecular formula is C21H37IN4O. The molecule has 0 spiro atoms. The molecule has 0 aliphatic carbocycles. The Balaban J connectivity index is 0.00000364. The summed E-state index contributed by atoms with van der Waals surface area (Å²) in [6, 6.07) is 8.93. The Kier molecular flexibility index (Phi) is 11.9. The van der Waals surface area contributed by atoms with Gasteiger partial charge in [0, 0.05) is 39.8 Å². The van der Waals surface area contributed by atoms with E-state index in [1.807, 2.05) is 7.05 Å². The molecule has 1 heterocycles. The predicted octanol–water partition coefficient (Wildman–Crippen LogP) is 3.72. The first-order valence-electron chi connectivity index (χ1n) is 10.1. The van der Waals surface area contributed by atoms with Crippen LogP contribution in [0.15, 0.2) is 29.3 Å². The molecule has 0 saturated carbocycles. The van der Waals surface area contributed by atoms with E-state index in [1.54, 1.807) is 0 Å². The number of likely N-dealkylation sites (tertiary alicyclic amines) is 1. The zero-order valence-corrected chi connectivity index (χ0v) is 19.7. The molecule has 27 heavy (non-hydrogen) atoms. The van der Waals surface area contributed by atoms with Gasteiger partial charge in [-0.1, -0.05) is 38.1 Å². The first-order valence-corrected chi connectivity index (χ1v) is 10.1. The van der Waals surface area contributed by atoms with Gasteiger partial charge in [0.2, 0.25) is 0 Å². The summed E-state index contributed by atoms with van der Waals surface area (Å²) in [5, 5.41) is 3.51. The van der Waals surface area contributed by atoms with Crippen molar-refractivity contribution < 1.29 is 4.74 Å². The molecular weight excluding hydrogens is 451 g/mol. The highest BCUT2D eigenvalue weighted by atomic mass is 127. The average Bonchev–Trinajstić information content (AvgIpc) is 2.69. The van der Waals surface area contributed by atoms with Crippen LogP contribution in [0.5, 0.6) is 0 Å². The number of hydrogen-bond donors (Lipinski definition) is 1. The minimum absolute atomic E-state index is 0. The van der Waals surface area contributed by atoms with E-state index in [0.29, 0.717) is 6.10 Å². The van der Waals surface area contributed by atoms with E-state index in [0.717, 1.165) is 64.7 Å². The fourth-order valence-corrected chi connectivity index (χ4v) is 3.45. The van der Waals surface area contributed by atoms with Gasteiger partial charge in [-0.15, -0.1) is 24.0 Å². The molecule has 1 aliphatic heterocycles. The molecule has 154 valence electrons. The number of aliphatic imine (C=N–C) groups is 1. The van der Waals surface area contributed by atoms with Crippen LogP contribution in [0.2, 0.25) is 0 Å². The second-order valence-corrected chi connectivity index (χ2v) is 6.82. The molecule has 1 N–H and O–H groups in total. The van der Waals surface area contributed by atoms with Gasteiger partial charge in [0.05, 0.1) is 6.10 Å². The predicted molar refractivity (Wildman–Crippen MR) is 125 cm³/mol. The summed E-state index contributed by atoms with van der Waals surface area (Å²) in [5.74, 6) is 0.993. The summed E-state index contributed by atoms with van der Waals surface area (Å²) < 4.78 is 5.74. The van der Waals surface area contributed by atoms with Crippen molar-refractivity contribution in [3.63, 3.8) is 0 Å². The quantitative estimate of drug-likeness (QED) is 0.344. The third kappa shape index (κ3) is 7.95. The van der Waals surface area contributed by atoms with Crippen molar-refractivity contribution in [1.29, 1.82) is 0 Å². The molecule has 1 aromatic rings. The number of rotatable bonds is 8. The number of benzene rings is 1. The van der Waals surface area contributed by atoms with Gasteiger partial charge < -0.3 is 15.0 Å². The summed E-state index contributed by atoms with van der Waals surface area (Å²) >= 11 is 0. The third-order valence-corrected chi connectivity index (χ3v) is 5.13. The van der Waals surface area contributed by atoms with E-state index in [2.05, 4.69) is 65.1 Å². The monoisotopic (exact) mass is 488 g/mol. The molecule has 0 bridgehead atoms. The fourth-order valence-electron chi connectivity index (χ4n) is 3.45. The number of nitrogens with zero attached hydrogens (tertiary/aromatic N) is 3. The lowest BCUT2D eigenvalue weighted by atomic mass is 10.1. The zero-order chi connectivity index (χ0) is 18.8. The highest BCUT2D eigenvalue weighted by Crippen LogP contribution is 2.14. The van der Waals surface area contributed by atoms with Crippen molar-refractivity contribution >= 4 is 29.9 Å². The molecule has 0 aromatic heterocycles. The second kappa shape index (κ2) is 13.3. The fraction of sp³-hybridized carbons (Fsp3) is 0.667. The number of guanidine groups is 1. The highest BCUT2D eigenvalue weighted by Gasteiger charge is 2.21. The van der Waals surface area contributed by atoms with E-state index in [1.165, 1.54) is 11.1 Å². The van der Waals surface area contributed by atoms with Crippen LogP contribution >= 0.6 is 24.0 Å². The third-order valence-electron chi connectivity index (χ3n) is 5.13. The molecule has 1 fully saturated rings. The van der Waals surface area contributed by atoms with Gasteiger partial charge in [-0.2, -0.15) is 0 Å². The lowest BCUT2D eigenvalue weighted by molar-refractivity contribution is 0.0263. The van der Waals surface area contributed by atoms with Crippen molar-refractivity contribution in [3.8, 4) is 0 Å². The Labute approximate surface area is 182 Å². The van der Waals surface area contributed by atoms with Gasteiger partial charge in [-0.25, -0.2) is 0 Å². The maximum Gasteiger partial charge on any atom is 0.193 e. The molecule has 1 saturated heterocycles. The van der Waals surface area contributed by atoms with Gasteiger partial charge >= 0.3 is 0 Å². The van der Waals surface area contributed by atoms with Gasteiger partial charge in [-0.3, -0.25) is 9.89 Å². The lowest BCUT2D eigenvalue weighted by Crippen LogP contribution is -2.46. The van der Waals surface area contributed by atoms with Crippen molar-refractivity contribution in [2.75, 3.05) is 39.8 Å². The van der Waals surface area contributed by atoms with Crippen molar-refractivity contribution in [2.24, 2.45) is 4.99 Å². The maximum atomic E-state index is 5.74. The van der Waals surface area contributed by atoms with E-state index in [9.17, 15) is 0 Å². The molecule has 2 rings (SSSR count). The van der Waals surface area contributed by atoms with Crippen LogP contribution in [0.3, 0.4) is 0 Å². The van der Waals surface area contributed by atoms with Crippen LogP contribution in [-0.2, 0) is 17.8 Å². The lowest BCUT2D eigenvalue weighted by Gasteiger charge is -2.34. The first kappa shape index (κ1) is 24.2. The molecule has 1 aromatic carbocycles. The molecule has 0 amide bonds. The maximum absolute atomic E-state index is 5.74. The van der Waals surface area contributed by atoms with Crippen LogP contribution in [0.1, 0.15) is 44.7 Å². The molecule has 0 atom stereocenters. The summed E-state index contributed by atoms with van der Waals surface area (Å²) in [5.41, 5.74) is 2.67. The Morgan fingerprint density at radius 3 is 2.22 bits per heavy atom. The van der Waals surface area contributed by atoms with Gasteiger partial charge in [0.25, 0.3) is 0 Å². The highest BCUT2D eigenvalue weighted by molar-refractivity contribution is 14.0. The van der Waals surface area contributed by atoms with Gasteiger partial charge in [-0.05, 0) is 44.0 Å². The Morgan fingerprint density at radius 1 is 1.11 bits per heavy atom. The van der Waals surface area contributed by atoms with E-state index < -0.39 is 0 Å². The van der Waals surface area contributed by atoms with Crippen LogP contribution in [0.25, 0.3) is 0 Å². The number of hydrogen-bond acceptors (Lipinski definition) is 3. The van der Waals surface area contributed by atoms with E-state index in [-0.39, 0.29) is 24.0 Å².